The Morgan fingerprint density at radius 3 is 2.70 bits per heavy atom. The van der Waals surface area contributed by atoms with Gasteiger partial charge in [-0.15, -0.1) is 0 Å². The Morgan fingerprint density at radius 1 is 1.15 bits per heavy atom. The highest BCUT2D eigenvalue weighted by molar-refractivity contribution is 5.96. The summed E-state index contributed by atoms with van der Waals surface area (Å²) in [4.78, 5) is 25.7. The third kappa shape index (κ3) is 2.86. The van der Waals surface area contributed by atoms with E-state index >= 15 is 0 Å². The van der Waals surface area contributed by atoms with E-state index in [2.05, 4.69) is 15.0 Å². The molecule has 0 N–H and O–H groups in total. The van der Waals surface area contributed by atoms with Gasteiger partial charge in [0.15, 0.2) is 0 Å². The topological polar surface area (TPSA) is 90.0 Å². The lowest BCUT2D eigenvalue weighted by Crippen LogP contribution is -2.20. The number of imidazole rings is 1. The zero-order valence-corrected chi connectivity index (χ0v) is 14.6. The van der Waals surface area contributed by atoms with Crippen LogP contribution in [0.5, 0.6) is 0 Å². The van der Waals surface area contributed by atoms with Gasteiger partial charge in [0.1, 0.15) is 12.7 Å². The van der Waals surface area contributed by atoms with Crippen LogP contribution >= 0.6 is 0 Å². The van der Waals surface area contributed by atoms with Gasteiger partial charge in [-0.05, 0) is 18.4 Å². The first-order chi connectivity index (χ1) is 13.2. The predicted octanol–water partition coefficient (Wildman–Crippen LogP) is 3.88. The van der Waals surface area contributed by atoms with Gasteiger partial charge in [0.05, 0.1) is 10.6 Å². The zero-order chi connectivity index (χ0) is 18.8. The van der Waals surface area contributed by atoms with Crippen LogP contribution in [0.2, 0.25) is 0 Å². The first kappa shape index (κ1) is 16.6. The number of hydrogen-bond acceptors (Lipinski definition) is 6. The van der Waals surface area contributed by atoms with Crippen LogP contribution in [0, 0.1) is 10.1 Å². The molecular formula is C19H16N6O2. The van der Waals surface area contributed by atoms with Crippen molar-refractivity contribution in [3.63, 3.8) is 0 Å². The fourth-order valence-corrected chi connectivity index (χ4v) is 3.17. The van der Waals surface area contributed by atoms with Crippen molar-refractivity contribution in [2.24, 2.45) is 0 Å². The summed E-state index contributed by atoms with van der Waals surface area (Å²) in [7, 11) is 0. The van der Waals surface area contributed by atoms with Crippen molar-refractivity contribution in [1.29, 1.82) is 0 Å². The average Bonchev–Trinajstić information content (AvgIpc) is 3.23. The highest BCUT2D eigenvalue weighted by Gasteiger charge is 2.28. The minimum absolute atomic E-state index is 0.162. The first-order valence-electron chi connectivity index (χ1n) is 8.43. The van der Waals surface area contributed by atoms with Crippen molar-refractivity contribution in [1.82, 2.24) is 19.5 Å². The lowest BCUT2D eigenvalue weighted by Gasteiger charge is -2.23. The van der Waals surface area contributed by atoms with Crippen molar-refractivity contribution in [3.05, 3.63) is 77.6 Å². The number of nitrogens with zero attached hydrogens (tertiary/aromatic N) is 6. The summed E-state index contributed by atoms with van der Waals surface area (Å²) in [5.41, 5.74) is 0.694. The Labute approximate surface area is 154 Å². The summed E-state index contributed by atoms with van der Waals surface area (Å²) in [6.07, 6.45) is 5.99. The molecule has 134 valence electrons. The lowest BCUT2D eigenvalue weighted by molar-refractivity contribution is -0.384. The van der Waals surface area contributed by atoms with E-state index in [1.54, 1.807) is 12.4 Å². The van der Waals surface area contributed by atoms with E-state index in [1.165, 1.54) is 17.2 Å². The molecule has 0 amide bonds. The van der Waals surface area contributed by atoms with Gasteiger partial charge in [-0.2, -0.15) is 0 Å². The zero-order valence-electron chi connectivity index (χ0n) is 14.6. The van der Waals surface area contributed by atoms with E-state index in [0.717, 1.165) is 16.5 Å². The number of benzene rings is 2. The number of anilines is 2. The Bertz CT molecular complexity index is 1110. The Balaban J connectivity index is 1.96. The highest BCUT2D eigenvalue weighted by Crippen LogP contribution is 2.37. The maximum absolute atomic E-state index is 11.9. The number of nitro groups is 1. The summed E-state index contributed by atoms with van der Waals surface area (Å²) in [5.74, 6) is 0.429. The molecule has 0 bridgehead atoms. The van der Waals surface area contributed by atoms with Crippen LogP contribution in [0.1, 0.15) is 6.92 Å². The largest absolute Gasteiger partial charge is 0.354 e. The summed E-state index contributed by atoms with van der Waals surface area (Å²) in [6.45, 7) is 2.44. The fourth-order valence-electron chi connectivity index (χ4n) is 3.17. The van der Waals surface area contributed by atoms with Crippen molar-refractivity contribution >= 4 is 28.0 Å². The molecule has 4 aromatic rings. The third-order valence-electron chi connectivity index (χ3n) is 4.34. The van der Waals surface area contributed by atoms with E-state index in [9.17, 15) is 10.1 Å². The van der Waals surface area contributed by atoms with Crippen LogP contribution in [0.4, 0.5) is 17.2 Å². The second kappa shape index (κ2) is 6.83. The van der Waals surface area contributed by atoms with E-state index in [-0.39, 0.29) is 17.3 Å². The van der Waals surface area contributed by atoms with Gasteiger partial charge in [-0.1, -0.05) is 36.4 Å². The molecule has 2 aromatic carbocycles. The molecule has 0 fully saturated rings. The maximum atomic E-state index is 11.9. The monoisotopic (exact) mass is 360 g/mol. The van der Waals surface area contributed by atoms with Crippen molar-refractivity contribution < 1.29 is 4.92 Å². The molecule has 27 heavy (non-hydrogen) atoms. The Kier molecular flexibility index (Phi) is 4.21. The number of fused-ring (bicyclic) bond motifs is 1. The normalized spacial score (nSPS) is 10.9. The molecule has 0 saturated heterocycles. The molecule has 0 radical (unpaired) electrons. The summed E-state index contributed by atoms with van der Waals surface area (Å²) < 4.78 is 1.51. The Morgan fingerprint density at radius 2 is 1.96 bits per heavy atom. The van der Waals surface area contributed by atoms with Gasteiger partial charge in [0.2, 0.25) is 11.6 Å². The molecular weight excluding hydrogens is 344 g/mol. The molecule has 8 heteroatoms. The lowest BCUT2D eigenvalue weighted by atomic mass is 10.1. The molecule has 4 rings (SSSR count). The average molecular weight is 360 g/mol. The molecule has 0 unspecified atom stereocenters. The van der Waals surface area contributed by atoms with Crippen LogP contribution in [-0.2, 0) is 0 Å². The van der Waals surface area contributed by atoms with Gasteiger partial charge in [-0.3, -0.25) is 14.7 Å². The fraction of sp³-hybridized carbons (Fsp3) is 0.105. The van der Waals surface area contributed by atoms with Crippen LogP contribution in [0.3, 0.4) is 0 Å². The third-order valence-corrected chi connectivity index (χ3v) is 4.34. The van der Waals surface area contributed by atoms with Crippen molar-refractivity contribution in [2.75, 3.05) is 11.4 Å². The molecule has 2 heterocycles. The smallest absolute Gasteiger partial charge is 0.320 e. The molecule has 0 atom stereocenters. The highest BCUT2D eigenvalue weighted by atomic mass is 16.6. The molecule has 0 aliphatic rings. The van der Waals surface area contributed by atoms with Gasteiger partial charge < -0.3 is 4.90 Å². The van der Waals surface area contributed by atoms with E-state index in [4.69, 9.17) is 0 Å². The Hall–Kier alpha value is -3.81. The summed E-state index contributed by atoms with van der Waals surface area (Å²) in [5, 5.41) is 14.0. The number of hydrogen-bond donors (Lipinski definition) is 0. The molecule has 0 spiro atoms. The van der Waals surface area contributed by atoms with E-state index in [0.29, 0.717) is 6.54 Å². The minimum Gasteiger partial charge on any atom is -0.320 e. The van der Waals surface area contributed by atoms with Gasteiger partial charge in [0.25, 0.3) is 0 Å². The SMILES string of the molecule is CCN(c1ncnc(-n2ccnc2)c1[N+](=O)[O-])c1cccc2ccccc12. The summed E-state index contributed by atoms with van der Waals surface area (Å²) >= 11 is 0. The van der Waals surface area contributed by atoms with Crippen molar-refractivity contribution in [3.8, 4) is 5.82 Å². The van der Waals surface area contributed by atoms with Crippen LogP contribution < -0.4 is 4.90 Å². The number of rotatable bonds is 5. The number of aromatic nitrogens is 4. The van der Waals surface area contributed by atoms with E-state index < -0.39 is 4.92 Å². The molecule has 0 saturated carbocycles. The van der Waals surface area contributed by atoms with E-state index in [1.807, 2.05) is 54.3 Å². The van der Waals surface area contributed by atoms with Crippen molar-refractivity contribution in [2.45, 2.75) is 6.92 Å². The quantitative estimate of drug-likeness (QED) is 0.396. The minimum atomic E-state index is -0.446. The van der Waals surface area contributed by atoms with Gasteiger partial charge >= 0.3 is 5.69 Å². The van der Waals surface area contributed by atoms with Gasteiger partial charge in [-0.25, -0.2) is 15.0 Å². The van der Waals surface area contributed by atoms with Gasteiger partial charge in [0, 0.05) is 24.3 Å². The first-order valence-corrected chi connectivity index (χ1v) is 8.43. The molecule has 0 aliphatic carbocycles. The van der Waals surface area contributed by atoms with Crippen LogP contribution in [0.15, 0.2) is 67.5 Å². The second-order valence-electron chi connectivity index (χ2n) is 5.84. The molecule has 8 nitrogen and oxygen atoms in total. The standard InChI is InChI=1S/C19H16N6O2/c1-2-24(16-9-5-7-14-6-3-4-8-15(14)16)19-17(25(26)27)18(21-12-22-19)23-11-10-20-13-23/h3-13H,2H2,1H3. The summed E-state index contributed by atoms with van der Waals surface area (Å²) in [6, 6.07) is 13.8. The van der Waals surface area contributed by atoms with Crippen LogP contribution in [0.25, 0.3) is 16.6 Å². The molecule has 2 aromatic heterocycles. The maximum Gasteiger partial charge on any atom is 0.354 e. The molecule has 0 aliphatic heterocycles. The predicted molar refractivity (Wildman–Crippen MR) is 102 cm³/mol. The second-order valence-corrected chi connectivity index (χ2v) is 5.84. The van der Waals surface area contributed by atoms with Crippen LogP contribution in [-0.4, -0.2) is 31.0 Å².